The van der Waals surface area contributed by atoms with Gasteiger partial charge in [-0.05, 0) is 7.05 Å². The van der Waals surface area contributed by atoms with Crippen molar-refractivity contribution in [2.75, 3.05) is 13.6 Å². The van der Waals surface area contributed by atoms with E-state index in [9.17, 15) is 9.90 Å². The van der Waals surface area contributed by atoms with E-state index in [0.29, 0.717) is 0 Å². The van der Waals surface area contributed by atoms with Crippen LogP contribution in [0.4, 0.5) is 0 Å². The normalized spacial score (nSPS) is 9.21. The van der Waals surface area contributed by atoms with Crippen molar-refractivity contribution in [3.63, 3.8) is 0 Å². The zero-order valence-corrected chi connectivity index (χ0v) is 15.6. The first-order chi connectivity index (χ1) is 8.68. The second kappa shape index (κ2) is 23.5. The van der Waals surface area contributed by atoms with E-state index >= 15 is 0 Å². The molecule has 0 spiro atoms. The molecule has 0 bridgehead atoms. The molecular formula is C15H32NNaO2. The molecule has 1 N–H and O–H groups in total. The first kappa shape index (κ1) is 24.4. The number of nitrogens with one attached hydrogen (secondary N) is 1. The number of carbonyl (C=O) groups is 1. The third kappa shape index (κ3) is 32.2. The maximum Gasteiger partial charge on any atom is 1.00 e. The van der Waals surface area contributed by atoms with Gasteiger partial charge in [-0.2, -0.15) is 0 Å². The fraction of sp³-hybridized carbons (Fsp3) is 0.933. The van der Waals surface area contributed by atoms with Gasteiger partial charge in [0.25, 0.3) is 0 Å². The number of hydrogen-bond acceptors (Lipinski definition) is 3. The van der Waals surface area contributed by atoms with Crippen molar-refractivity contribution < 1.29 is 39.5 Å². The average Bonchev–Trinajstić information content (AvgIpc) is 2.33. The van der Waals surface area contributed by atoms with Crippen molar-refractivity contribution in [2.45, 2.75) is 78.1 Å². The van der Waals surface area contributed by atoms with Gasteiger partial charge < -0.3 is 15.2 Å². The van der Waals surface area contributed by atoms with Crippen molar-refractivity contribution in [3.05, 3.63) is 0 Å². The molecule has 0 radical (unpaired) electrons. The van der Waals surface area contributed by atoms with E-state index in [4.69, 9.17) is 0 Å². The molecule has 0 unspecified atom stereocenters. The first-order valence-electron chi connectivity index (χ1n) is 7.53. The second-order valence-electron chi connectivity index (χ2n) is 4.73. The molecule has 0 fully saturated rings. The number of unbranched alkanes of at least 4 members (excludes halogenated alkanes) is 9. The number of rotatable bonds is 11. The van der Waals surface area contributed by atoms with Gasteiger partial charge in [-0.25, -0.2) is 0 Å². The van der Waals surface area contributed by atoms with Gasteiger partial charge in [0, 0.05) is 6.54 Å². The summed E-state index contributed by atoms with van der Waals surface area (Å²) in [6.45, 7) is 4.49. The molecule has 0 atom stereocenters. The van der Waals surface area contributed by atoms with Gasteiger partial charge in [0.1, 0.15) is 0 Å². The molecule has 0 aromatic heterocycles. The van der Waals surface area contributed by atoms with Crippen LogP contribution < -0.4 is 40.0 Å². The standard InChI is InChI=1S/C12H26.C3H7NO2.Na/c1-3-5-7-9-11-12-10-8-6-4-2;1-4-2-3(5)6;/h3-12H2,1-2H3;4H,2H2,1H3,(H,5,6);/q;;+1/p-1. The second-order valence-corrected chi connectivity index (χ2v) is 4.73. The fourth-order valence-corrected chi connectivity index (χ4v) is 1.70. The molecule has 4 heteroatoms. The van der Waals surface area contributed by atoms with Gasteiger partial charge in [0.2, 0.25) is 0 Å². The first-order valence-corrected chi connectivity index (χ1v) is 7.53. The summed E-state index contributed by atoms with van der Waals surface area (Å²) >= 11 is 0. The van der Waals surface area contributed by atoms with Gasteiger partial charge >= 0.3 is 29.6 Å². The van der Waals surface area contributed by atoms with Crippen molar-refractivity contribution in [1.82, 2.24) is 5.32 Å². The molecule has 0 saturated heterocycles. The maximum absolute atomic E-state index is 9.43. The minimum atomic E-state index is -1.07. The van der Waals surface area contributed by atoms with Gasteiger partial charge in [0.05, 0.1) is 5.97 Å². The smallest absolute Gasteiger partial charge is 0.549 e. The molecular weight excluding hydrogens is 249 g/mol. The topological polar surface area (TPSA) is 52.2 Å². The Kier molecular flexibility index (Phi) is 30.3. The van der Waals surface area contributed by atoms with Crippen molar-refractivity contribution in [1.29, 1.82) is 0 Å². The Bertz CT molecular complexity index is 156. The van der Waals surface area contributed by atoms with E-state index < -0.39 is 5.97 Å². The summed E-state index contributed by atoms with van der Waals surface area (Å²) in [5.74, 6) is -1.07. The summed E-state index contributed by atoms with van der Waals surface area (Å²) in [4.78, 5) is 9.43. The zero-order chi connectivity index (χ0) is 14.1. The van der Waals surface area contributed by atoms with Gasteiger partial charge in [-0.1, -0.05) is 78.1 Å². The summed E-state index contributed by atoms with van der Waals surface area (Å²) in [5, 5.41) is 11.8. The number of carboxylic acid groups (broad SMARTS) is 1. The van der Waals surface area contributed by atoms with E-state index in [1.807, 2.05) is 0 Å². The van der Waals surface area contributed by atoms with Crippen LogP contribution in [0.3, 0.4) is 0 Å². The number of carboxylic acids is 1. The molecule has 3 nitrogen and oxygen atoms in total. The summed E-state index contributed by atoms with van der Waals surface area (Å²) in [6, 6.07) is 0. The Balaban J connectivity index is -0.000000313. The summed E-state index contributed by atoms with van der Waals surface area (Å²) < 4.78 is 0. The predicted octanol–water partition coefficient (Wildman–Crippen LogP) is -0.113. The van der Waals surface area contributed by atoms with Crippen LogP contribution in [0.15, 0.2) is 0 Å². The minimum Gasteiger partial charge on any atom is -0.549 e. The zero-order valence-electron chi connectivity index (χ0n) is 13.6. The molecule has 0 aliphatic carbocycles. The van der Waals surface area contributed by atoms with Crippen LogP contribution in [0.5, 0.6) is 0 Å². The quantitative estimate of drug-likeness (QED) is 0.425. The van der Waals surface area contributed by atoms with Crippen LogP contribution >= 0.6 is 0 Å². The number of hydrogen-bond donors (Lipinski definition) is 1. The Morgan fingerprint density at radius 2 is 1.16 bits per heavy atom. The Morgan fingerprint density at radius 3 is 1.32 bits per heavy atom. The maximum atomic E-state index is 9.43. The Labute approximate surface area is 142 Å². The third-order valence-corrected chi connectivity index (χ3v) is 2.78. The summed E-state index contributed by atoms with van der Waals surface area (Å²) in [7, 11) is 1.55. The summed E-state index contributed by atoms with van der Waals surface area (Å²) in [5.41, 5.74) is 0. The van der Waals surface area contributed by atoms with Crippen LogP contribution in [-0.4, -0.2) is 19.6 Å². The van der Waals surface area contributed by atoms with Gasteiger partial charge in [-0.3, -0.25) is 0 Å². The molecule has 0 rings (SSSR count). The van der Waals surface area contributed by atoms with Crippen LogP contribution in [0.2, 0.25) is 0 Å². The van der Waals surface area contributed by atoms with E-state index in [1.165, 1.54) is 64.2 Å². The molecule has 0 aliphatic rings. The molecule has 0 aromatic carbocycles. The molecule has 110 valence electrons. The van der Waals surface area contributed by atoms with Crippen molar-refractivity contribution in [2.24, 2.45) is 0 Å². The van der Waals surface area contributed by atoms with E-state index in [1.54, 1.807) is 7.05 Å². The molecule has 0 saturated carbocycles. The number of aliphatic carboxylic acids is 1. The Hall–Kier alpha value is 0.430. The molecule has 0 heterocycles. The van der Waals surface area contributed by atoms with E-state index in [2.05, 4.69) is 19.2 Å². The number of likely N-dealkylation sites (N-methyl/N-ethyl adjacent to an activating group) is 1. The minimum absolute atomic E-state index is 0. The predicted molar refractivity (Wildman–Crippen MR) is 76.5 cm³/mol. The van der Waals surface area contributed by atoms with Crippen LogP contribution in [0.1, 0.15) is 78.1 Å². The number of carbonyl (C=O) groups excluding carboxylic acids is 1. The van der Waals surface area contributed by atoms with E-state index in [0.717, 1.165) is 0 Å². The van der Waals surface area contributed by atoms with Crippen LogP contribution in [0.25, 0.3) is 0 Å². The van der Waals surface area contributed by atoms with Crippen LogP contribution in [-0.2, 0) is 4.79 Å². The monoisotopic (exact) mass is 281 g/mol. The summed E-state index contributed by atoms with van der Waals surface area (Å²) in [6.07, 6.45) is 14.4. The SMILES string of the molecule is CCCCCCCCCCCC.CNCC(=O)[O-].[Na+]. The molecule has 0 aromatic rings. The molecule has 19 heavy (non-hydrogen) atoms. The largest absolute Gasteiger partial charge is 1.00 e. The third-order valence-electron chi connectivity index (χ3n) is 2.78. The van der Waals surface area contributed by atoms with Gasteiger partial charge in [-0.15, -0.1) is 0 Å². The van der Waals surface area contributed by atoms with Crippen molar-refractivity contribution in [3.8, 4) is 0 Å². The van der Waals surface area contributed by atoms with Gasteiger partial charge in [0.15, 0.2) is 0 Å². The van der Waals surface area contributed by atoms with Crippen LogP contribution in [0, 0.1) is 0 Å². The van der Waals surface area contributed by atoms with Crippen molar-refractivity contribution >= 4 is 5.97 Å². The Morgan fingerprint density at radius 1 is 0.842 bits per heavy atom. The molecule has 0 aliphatic heterocycles. The average molecular weight is 281 g/mol. The van der Waals surface area contributed by atoms with E-state index in [-0.39, 0.29) is 36.1 Å². The fourth-order valence-electron chi connectivity index (χ4n) is 1.70. The molecule has 0 amide bonds.